The third kappa shape index (κ3) is 5.09. The molecule has 0 radical (unpaired) electrons. The summed E-state index contributed by atoms with van der Waals surface area (Å²) in [4.78, 5) is 0. The van der Waals surface area contributed by atoms with E-state index in [-0.39, 0.29) is 0 Å². The first-order valence-electron chi connectivity index (χ1n) is 7.19. The largest absolute Gasteiger partial charge is 0.314 e. The van der Waals surface area contributed by atoms with E-state index < -0.39 is 0 Å². The fraction of sp³-hybridized carbons (Fsp3) is 1.00. The quantitative estimate of drug-likeness (QED) is 0.680. The van der Waals surface area contributed by atoms with Gasteiger partial charge in [0.15, 0.2) is 0 Å². The molecular formula is C14H27NS. The Balaban J connectivity index is 1.41. The molecule has 0 saturated heterocycles. The molecule has 2 rings (SSSR count). The van der Waals surface area contributed by atoms with Gasteiger partial charge in [0.25, 0.3) is 0 Å². The maximum Gasteiger partial charge on any atom is 0.00682 e. The van der Waals surface area contributed by atoms with Gasteiger partial charge in [-0.1, -0.05) is 19.8 Å². The van der Waals surface area contributed by atoms with Gasteiger partial charge in [-0.2, -0.15) is 11.8 Å². The van der Waals surface area contributed by atoms with Gasteiger partial charge in [0.2, 0.25) is 0 Å². The highest BCUT2D eigenvalue weighted by atomic mass is 32.2. The van der Waals surface area contributed by atoms with Crippen molar-refractivity contribution in [3.63, 3.8) is 0 Å². The smallest absolute Gasteiger partial charge is 0.00682 e. The summed E-state index contributed by atoms with van der Waals surface area (Å²) in [7, 11) is 0. The molecule has 0 bridgehead atoms. The summed E-state index contributed by atoms with van der Waals surface area (Å²) in [5, 5.41) is 4.58. The first-order chi connectivity index (χ1) is 7.84. The third-order valence-corrected chi connectivity index (χ3v) is 5.25. The highest BCUT2D eigenvalue weighted by Crippen LogP contribution is 2.32. The first kappa shape index (κ1) is 12.8. The van der Waals surface area contributed by atoms with Crippen LogP contribution in [0, 0.1) is 5.92 Å². The highest BCUT2D eigenvalue weighted by molar-refractivity contribution is 7.99. The highest BCUT2D eigenvalue weighted by Gasteiger charge is 2.20. The van der Waals surface area contributed by atoms with Gasteiger partial charge in [-0.25, -0.2) is 0 Å². The van der Waals surface area contributed by atoms with Crippen molar-refractivity contribution in [1.29, 1.82) is 0 Å². The first-order valence-corrected chi connectivity index (χ1v) is 8.24. The van der Waals surface area contributed by atoms with Crippen LogP contribution in [-0.2, 0) is 0 Å². The average Bonchev–Trinajstić information content (AvgIpc) is 3.07. The van der Waals surface area contributed by atoms with Crippen molar-refractivity contribution in [2.24, 2.45) is 5.92 Å². The minimum Gasteiger partial charge on any atom is -0.314 e. The molecule has 2 unspecified atom stereocenters. The van der Waals surface area contributed by atoms with Crippen molar-refractivity contribution in [3.05, 3.63) is 0 Å². The molecule has 0 aromatic heterocycles. The van der Waals surface area contributed by atoms with Crippen LogP contribution >= 0.6 is 11.8 Å². The van der Waals surface area contributed by atoms with E-state index in [9.17, 15) is 0 Å². The molecule has 2 atom stereocenters. The van der Waals surface area contributed by atoms with Gasteiger partial charge < -0.3 is 5.32 Å². The van der Waals surface area contributed by atoms with Crippen molar-refractivity contribution in [3.8, 4) is 0 Å². The molecule has 2 saturated carbocycles. The molecule has 2 aliphatic carbocycles. The third-order valence-electron chi connectivity index (χ3n) is 3.82. The fourth-order valence-electron chi connectivity index (χ4n) is 2.60. The van der Waals surface area contributed by atoms with Crippen LogP contribution in [0.25, 0.3) is 0 Å². The minimum atomic E-state index is 0.895. The molecule has 2 fully saturated rings. The summed E-state index contributed by atoms with van der Waals surface area (Å²) < 4.78 is 0. The van der Waals surface area contributed by atoms with Gasteiger partial charge in [0, 0.05) is 11.3 Å². The van der Waals surface area contributed by atoms with Crippen LogP contribution in [0.2, 0.25) is 0 Å². The van der Waals surface area contributed by atoms with E-state index in [1.165, 1.54) is 63.7 Å². The molecule has 0 spiro atoms. The van der Waals surface area contributed by atoms with Gasteiger partial charge in [0.05, 0.1) is 0 Å². The molecule has 0 aromatic rings. The topological polar surface area (TPSA) is 12.0 Å². The second-order valence-electron chi connectivity index (χ2n) is 5.70. The second kappa shape index (κ2) is 6.90. The molecule has 0 aliphatic heterocycles. The SMILES string of the molecule is CC1CCCC(SCCCCNC2CC2)C1. The molecule has 2 aliphatic rings. The van der Waals surface area contributed by atoms with Crippen LogP contribution in [0.3, 0.4) is 0 Å². The number of nitrogens with one attached hydrogen (secondary N) is 1. The van der Waals surface area contributed by atoms with Crippen molar-refractivity contribution in [2.75, 3.05) is 12.3 Å². The van der Waals surface area contributed by atoms with Crippen LogP contribution in [0.4, 0.5) is 0 Å². The van der Waals surface area contributed by atoms with Crippen molar-refractivity contribution >= 4 is 11.8 Å². The molecule has 16 heavy (non-hydrogen) atoms. The summed E-state index contributed by atoms with van der Waals surface area (Å²) in [6.45, 7) is 3.68. The van der Waals surface area contributed by atoms with Gasteiger partial charge in [-0.05, 0) is 56.7 Å². The summed E-state index contributed by atoms with van der Waals surface area (Å²) >= 11 is 2.25. The summed E-state index contributed by atoms with van der Waals surface area (Å²) in [6.07, 6.45) is 11.6. The predicted molar refractivity (Wildman–Crippen MR) is 74.1 cm³/mol. The van der Waals surface area contributed by atoms with E-state index >= 15 is 0 Å². The van der Waals surface area contributed by atoms with Crippen LogP contribution in [0.5, 0.6) is 0 Å². The lowest BCUT2D eigenvalue weighted by Gasteiger charge is -2.26. The number of hydrogen-bond donors (Lipinski definition) is 1. The molecule has 2 heteroatoms. The van der Waals surface area contributed by atoms with E-state index in [1.54, 1.807) is 0 Å². The standard InChI is InChI=1S/C14H27NS/c1-12-5-4-6-14(11-12)16-10-3-2-9-15-13-7-8-13/h12-15H,2-11H2,1H3. The summed E-state index contributed by atoms with van der Waals surface area (Å²) in [6, 6.07) is 0.895. The molecular weight excluding hydrogens is 214 g/mol. The Kier molecular flexibility index (Phi) is 5.51. The lowest BCUT2D eigenvalue weighted by Crippen LogP contribution is -2.18. The van der Waals surface area contributed by atoms with Crippen LogP contribution in [0.15, 0.2) is 0 Å². The van der Waals surface area contributed by atoms with E-state index in [0.29, 0.717) is 0 Å². The monoisotopic (exact) mass is 241 g/mol. The summed E-state index contributed by atoms with van der Waals surface area (Å²) in [5.41, 5.74) is 0. The molecule has 1 N–H and O–H groups in total. The van der Waals surface area contributed by atoms with E-state index in [4.69, 9.17) is 0 Å². The van der Waals surface area contributed by atoms with Gasteiger partial charge in [-0.15, -0.1) is 0 Å². The zero-order valence-electron chi connectivity index (χ0n) is 10.7. The minimum absolute atomic E-state index is 0.895. The fourth-order valence-corrected chi connectivity index (χ4v) is 4.10. The molecule has 0 amide bonds. The number of thioether (sulfide) groups is 1. The Labute approximate surface area is 105 Å². The zero-order chi connectivity index (χ0) is 11.2. The van der Waals surface area contributed by atoms with Gasteiger partial charge >= 0.3 is 0 Å². The normalized spacial score (nSPS) is 30.6. The summed E-state index contributed by atoms with van der Waals surface area (Å²) in [5.74, 6) is 2.38. The zero-order valence-corrected chi connectivity index (χ0v) is 11.5. The van der Waals surface area contributed by atoms with Crippen molar-refractivity contribution in [1.82, 2.24) is 5.32 Å². The Morgan fingerprint density at radius 3 is 2.75 bits per heavy atom. The lowest BCUT2D eigenvalue weighted by molar-refractivity contribution is 0.394. The molecule has 1 nitrogen and oxygen atoms in total. The van der Waals surface area contributed by atoms with Crippen LogP contribution in [-0.4, -0.2) is 23.6 Å². The average molecular weight is 241 g/mol. The Bertz CT molecular complexity index is 191. The number of unbranched alkanes of at least 4 members (excludes halogenated alkanes) is 1. The molecule has 94 valence electrons. The molecule has 0 heterocycles. The Hall–Kier alpha value is 0.310. The second-order valence-corrected chi connectivity index (χ2v) is 7.11. The Morgan fingerprint density at radius 2 is 2.00 bits per heavy atom. The van der Waals surface area contributed by atoms with Gasteiger partial charge in [-0.3, -0.25) is 0 Å². The van der Waals surface area contributed by atoms with Gasteiger partial charge in [0.1, 0.15) is 0 Å². The van der Waals surface area contributed by atoms with Crippen molar-refractivity contribution < 1.29 is 0 Å². The maximum absolute atomic E-state index is 3.59. The Morgan fingerprint density at radius 1 is 1.12 bits per heavy atom. The van der Waals surface area contributed by atoms with Crippen molar-refractivity contribution in [2.45, 2.75) is 69.6 Å². The number of rotatable bonds is 7. The molecule has 0 aromatic carbocycles. The van der Waals surface area contributed by atoms with Crippen LogP contribution < -0.4 is 5.32 Å². The van der Waals surface area contributed by atoms with Crippen LogP contribution in [0.1, 0.15) is 58.3 Å². The van der Waals surface area contributed by atoms with E-state index in [1.807, 2.05) is 0 Å². The van der Waals surface area contributed by atoms with E-state index in [0.717, 1.165) is 17.2 Å². The van der Waals surface area contributed by atoms with E-state index in [2.05, 4.69) is 24.0 Å². The maximum atomic E-state index is 3.59. The lowest BCUT2D eigenvalue weighted by atomic mass is 9.91. The number of hydrogen-bond acceptors (Lipinski definition) is 2. The predicted octanol–water partition coefficient (Wildman–Crippen LogP) is 3.83.